The predicted octanol–water partition coefficient (Wildman–Crippen LogP) is 2.73. The van der Waals surface area contributed by atoms with Gasteiger partial charge in [-0.25, -0.2) is 4.98 Å². The molecule has 3 rings (SSSR count). The summed E-state index contributed by atoms with van der Waals surface area (Å²) in [6.45, 7) is 2.31. The summed E-state index contributed by atoms with van der Waals surface area (Å²) in [6, 6.07) is 4.68. The smallest absolute Gasteiger partial charge is 0.416 e. The first-order chi connectivity index (χ1) is 13.7. The highest BCUT2D eigenvalue weighted by atomic mass is 19.4. The molecule has 1 aromatic carbocycles. The number of fused-ring (bicyclic) bond motifs is 1. The summed E-state index contributed by atoms with van der Waals surface area (Å²) in [6.07, 6.45) is -2.95. The number of aromatic hydroxyl groups is 1. The third kappa shape index (κ3) is 4.32. The van der Waals surface area contributed by atoms with E-state index in [-0.39, 0.29) is 23.5 Å². The summed E-state index contributed by atoms with van der Waals surface area (Å²) in [4.78, 5) is 16.6. The van der Waals surface area contributed by atoms with Crippen LogP contribution in [0.3, 0.4) is 0 Å². The van der Waals surface area contributed by atoms with Crippen LogP contribution >= 0.6 is 0 Å². The van der Waals surface area contributed by atoms with E-state index in [1.54, 1.807) is 6.92 Å². The van der Waals surface area contributed by atoms with Crippen molar-refractivity contribution in [3.63, 3.8) is 0 Å². The molecule has 1 amide bonds. The topological polar surface area (TPSA) is 88.8 Å². The molecule has 29 heavy (non-hydrogen) atoms. The van der Waals surface area contributed by atoms with Crippen LogP contribution in [-0.4, -0.2) is 45.9 Å². The van der Waals surface area contributed by atoms with Gasteiger partial charge < -0.3 is 15.2 Å². The molecule has 154 valence electrons. The highest BCUT2D eigenvalue weighted by Crippen LogP contribution is 2.30. The molecule has 0 fully saturated rings. The number of nitrogens with zero attached hydrogens (tertiary/aromatic N) is 3. The monoisotopic (exact) mass is 408 g/mol. The normalized spacial score (nSPS) is 11.8. The second-order valence-electron chi connectivity index (χ2n) is 6.41. The molecule has 0 saturated carbocycles. The van der Waals surface area contributed by atoms with Crippen molar-refractivity contribution in [3.8, 4) is 5.88 Å². The van der Waals surface area contributed by atoms with Gasteiger partial charge in [-0.2, -0.15) is 22.8 Å². The first-order valence-corrected chi connectivity index (χ1v) is 8.71. The Balaban J connectivity index is 1.89. The number of amides is 1. The third-order valence-corrected chi connectivity index (χ3v) is 4.42. The number of carbonyl (C=O) groups is 1. The maximum atomic E-state index is 12.7. The molecule has 0 atom stereocenters. The third-order valence-electron chi connectivity index (χ3n) is 4.42. The zero-order valence-electron chi connectivity index (χ0n) is 15.7. The lowest BCUT2D eigenvalue weighted by molar-refractivity contribution is -0.137. The molecule has 2 heterocycles. The number of benzene rings is 1. The number of nitrogens with one attached hydrogen (secondary N) is 1. The van der Waals surface area contributed by atoms with Crippen molar-refractivity contribution < 1.29 is 27.8 Å². The number of rotatable bonds is 6. The van der Waals surface area contributed by atoms with E-state index in [1.807, 2.05) is 0 Å². The Kier molecular flexibility index (Phi) is 5.73. The van der Waals surface area contributed by atoms with E-state index in [9.17, 15) is 23.1 Å². The zero-order chi connectivity index (χ0) is 21.2. The van der Waals surface area contributed by atoms with Crippen LogP contribution < -0.4 is 5.32 Å². The van der Waals surface area contributed by atoms with Crippen LogP contribution in [0.25, 0.3) is 5.65 Å². The van der Waals surface area contributed by atoms with Gasteiger partial charge in [-0.05, 0) is 24.6 Å². The van der Waals surface area contributed by atoms with Crippen LogP contribution in [0, 0.1) is 6.92 Å². The number of hydrogen-bond donors (Lipinski definition) is 2. The van der Waals surface area contributed by atoms with Crippen LogP contribution in [0.1, 0.15) is 32.7 Å². The van der Waals surface area contributed by atoms with E-state index in [1.165, 1.54) is 25.4 Å². The van der Waals surface area contributed by atoms with E-state index in [0.717, 1.165) is 16.6 Å². The quantitative estimate of drug-likeness (QED) is 0.613. The number of ether oxygens (including phenoxy) is 1. The molecule has 0 spiro atoms. The molecule has 0 aliphatic carbocycles. The lowest BCUT2D eigenvalue weighted by atomic mass is 10.0. The van der Waals surface area contributed by atoms with Crippen molar-refractivity contribution >= 4 is 11.6 Å². The van der Waals surface area contributed by atoms with Crippen LogP contribution in [0.5, 0.6) is 5.88 Å². The maximum absolute atomic E-state index is 12.7. The molecule has 0 bridgehead atoms. The molecule has 3 aromatic rings. The summed E-state index contributed by atoms with van der Waals surface area (Å²) in [7, 11) is 1.52. The van der Waals surface area contributed by atoms with Gasteiger partial charge in [0.25, 0.3) is 5.91 Å². The summed E-state index contributed by atoms with van der Waals surface area (Å²) >= 11 is 0. The molecule has 2 N–H and O–H groups in total. The number of aryl methyl sites for hydroxylation is 1. The van der Waals surface area contributed by atoms with Crippen molar-refractivity contribution in [1.82, 2.24) is 19.9 Å². The van der Waals surface area contributed by atoms with Crippen LogP contribution in [0.4, 0.5) is 13.2 Å². The fourth-order valence-electron chi connectivity index (χ4n) is 2.87. The second kappa shape index (κ2) is 8.08. The number of halogens is 3. The fraction of sp³-hybridized carbons (Fsp3) is 0.316. The van der Waals surface area contributed by atoms with Crippen LogP contribution in [-0.2, 0) is 17.3 Å². The zero-order valence-corrected chi connectivity index (χ0v) is 15.7. The molecular weight excluding hydrogens is 389 g/mol. The second-order valence-corrected chi connectivity index (χ2v) is 6.41. The van der Waals surface area contributed by atoms with Gasteiger partial charge in [0.05, 0.1) is 18.4 Å². The fourth-order valence-corrected chi connectivity index (χ4v) is 2.87. The molecular formula is C19H19F3N4O3. The highest BCUT2D eigenvalue weighted by molar-refractivity contribution is 5.99. The average Bonchev–Trinajstić information content (AvgIpc) is 3.09. The van der Waals surface area contributed by atoms with E-state index in [4.69, 9.17) is 4.74 Å². The van der Waals surface area contributed by atoms with Gasteiger partial charge in [0.15, 0.2) is 5.65 Å². The number of hydrogen-bond acceptors (Lipinski definition) is 5. The largest absolute Gasteiger partial charge is 0.493 e. The van der Waals surface area contributed by atoms with Crippen LogP contribution in [0.15, 0.2) is 30.5 Å². The number of alkyl halides is 3. The molecule has 0 aliphatic heterocycles. The van der Waals surface area contributed by atoms with Gasteiger partial charge in [-0.3, -0.25) is 4.79 Å². The van der Waals surface area contributed by atoms with Gasteiger partial charge >= 0.3 is 6.18 Å². The van der Waals surface area contributed by atoms with Gasteiger partial charge in [0.1, 0.15) is 5.56 Å². The highest BCUT2D eigenvalue weighted by Gasteiger charge is 2.30. The van der Waals surface area contributed by atoms with Crippen molar-refractivity contribution in [2.45, 2.75) is 19.5 Å². The lowest BCUT2D eigenvalue weighted by Gasteiger charge is -2.11. The standard InChI is InChI=1S/C19H19F3N4O3/c1-11-14(9-12-3-5-13(6-4-12)19(20,21)22)18(28)26-16(25-11)15(10-24-26)17(27)23-7-8-29-2/h3-6,10,28H,7-9H2,1-2H3,(H,23,27). The molecule has 0 unspecified atom stereocenters. The molecule has 0 aliphatic rings. The first kappa shape index (κ1) is 20.6. The van der Waals surface area contributed by atoms with Crippen molar-refractivity contribution in [2.75, 3.05) is 20.3 Å². The van der Waals surface area contributed by atoms with Crippen molar-refractivity contribution in [2.24, 2.45) is 0 Å². The Bertz CT molecular complexity index is 1030. The Labute approximate surface area is 164 Å². The Morgan fingerprint density at radius 1 is 1.28 bits per heavy atom. The Morgan fingerprint density at radius 2 is 1.97 bits per heavy atom. The summed E-state index contributed by atoms with van der Waals surface area (Å²) < 4.78 is 44.2. The van der Waals surface area contributed by atoms with Crippen LogP contribution in [0.2, 0.25) is 0 Å². The minimum absolute atomic E-state index is 0.161. The summed E-state index contributed by atoms with van der Waals surface area (Å²) in [5, 5.41) is 17.3. The van der Waals surface area contributed by atoms with Crippen molar-refractivity contribution in [1.29, 1.82) is 0 Å². The van der Waals surface area contributed by atoms with Gasteiger partial charge in [-0.1, -0.05) is 12.1 Å². The predicted molar refractivity (Wildman–Crippen MR) is 97.8 cm³/mol. The lowest BCUT2D eigenvalue weighted by Crippen LogP contribution is -2.27. The van der Waals surface area contributed by atoms with E-state index >= 15 is 0 Å². The Morgan fingerprint density at radius 3 is 2.59 bits per heavy atom. The first-order valence-electron chi connectivity index (χ1n) is 8.71. The summed E-state index contributed by atoms with van der Waals surface area (Å²) in [5.74, 6) is -0.623. The van der Waals surface area contributed by atoms with E-state index in [0.29, 0.717) is 30.0 Å². The number of aromatic nitrogens is 3. The summed E-state index contributed by atoms with van der Waals surface area (Å²) in [5.41, 5.74) is 1.06. The maximum Gasteiger partial charge on any atom is 0.416 e. The SMILES string of the molecule is COCCNC(=O)c1cnn2c(O)c(Cc3ccc(C(F)(F)F)cc3)c(C)nc12. The van der Waals surface area contributed by atoms with Gasteiger partial charge in [-0.15, -0.1) is 0 Å². The van der Waals surface area contributed by atoms with Gasteiger partial charge in [0, 0.05) is 31.3 Å². The number of carbonyl (C=O) groups excluding carboxylic acids is 1. The Hall–Kier alpha value is -3.14. The molecule has 0 saturated heterocycles. The number of methoxy groups -OCH3 is 1. The minimum atomic E-state index is -4.41. The average molecular weight is 408 g/mol. The van der Waals surface area contributed by atoms with Gasteiger partial charge in [0.2, 0.25) is 5.88 Å². The molecule has 0 radical (unpaired) electrons. The molecule has 7 nitrogen and oxygen atoms in total. The van der Waals surface area contributed by atoms with E-state index in [2.05, 4.69) is 15.4 Å². The molecule has 2 aromatic heterocycles. The van der Waals surface area contributed by atoms with Crippen molar-refractivity contribution in [3.05, 3.63) is 58.4 Å². The molecule has 10 heteroatoms. The van der Waals surface area contributed by atoms with E-state index < -0.39 is 17.6 Å². The minimum Gasteiger partial charge on any atom is -0.493 e.